The normalized spacial score (nSPS) is 18.4. The van der Waals surface area contributed by atoms with E-state index in [-0.39, 0.29) is 0 Å². The fourth-order valence-corrected chi connectivity index (χ4v) is 2.90. The fraction of sp³-hybridized carbons (Fsp3) is 0.667. The monoisotopic (exact) mass is 247 g/mol. The van der Waals surface area contributed by atoms with Crippen LogP contribution in [-0.4, -0.2) is 42.6 Å². The zero-order chi connectivity index (χ0) is 12.8. The molecule has 1 aromatic rings. The van der Waals surface area contributed by atoms with Gasteiger partial charge in [-0.1, -0.05) is 18.9 Å². The van der Waals surface area contributed by atoms with Gasteiger partial charge in [0.1, 0.15) is 0 Å². The standard InChI is InChI=1S/C15H25N3/c1-18(2)15(9-4-5-10-15)13-16-12-8-14-7-3-6-11-17-14/h3,6-7,11,16H,4-5,8-10,12-13H2,1-2H3. The molecule has 1 fully saturated rings. The molecule has 1 aliphatic rings. The van der Waals surface area contributed by atoms with E-state index in [1.54, 1.807) is 0 Å². The fourth-order valence-electron chi connectivity index (χ4n) is 2.90. The smallest absolute Gasteiger partial charge is 0.0416 e. The van der Waals surface area contributed by atoms with Crippen LogP contribution in [0.5, 0.6) is 0 Å². The van der Waals surface area contributed by atoms with Crippen molar-refractivity contribution in [2.75, 3.05) is 27.2 Å². The van der Waals surface area contributed by atoms with Crippen molar-refractivity contribution in [3.63, 3.8) is 0 Å². The Morgan fingerprint density at radius 2 is 2.06 bits per heavy atom. The SMILES string of the molecule is CN(C)C1(CNCCc2ccccn2)CCCC1. The third-order valence-electron chi connectivity index (χ3n) is 4.22. The first-order valence-electron chi connectivity index (χ1n) is 7.01. The van der Waals surface area contributed by atoms with Gasteiger partial charge in [0.05, 0.1) is 0 Å². The summed E-state index contributed by atoms with van der Waals surface area (Å²) in [5.74, 6) is 0. The van der Waals surface area contributed by atoms with E-state index in [4.69, 9.17) is 0 Å². The average Bonchev–Trinajstić information content (AvgIpc) is 2.86. The van der Waals surface area contributed by atoms with Gasteiger partial charge in [0.2, 0.25) is 0 Å². The molecule has 0 amide bonds. The molecule has 0 aromatic carbocycles. The summed E-state index contributed by atoms with van der Waals surface area (Å²) in [6.45, 7) is 2.12. The number of nitrogens with one attached hydrogen (secondary N) is 1. The van der Waals surface area contributed by atoms with Crippen molar-refractivity contribution < 1.29 is 0 Å². The highest BCUT2D eigenvalue weighted by Gasteiger charge is 2.35. The van der Waals surface area contributed by atoms with Crippen LogP contribution in [0.4, 0.5) is 0 Å². The Bertz CT molecular complexity index is 342. The maximum atomic E-state index is 4.35. The molecule has 1 N–H and O–H groups in total. The van der Waals surface area contributed by atoms with E-state index in [0.717, 1.165) is 19.5 Å². The lowest BCUT2D eigenvalue weighted by molar-refractivity contribution is 0.154. The van der Waals surface area contributed by atoms with Gasteiger partial charge in [0, 0.05) is 36.9 Å². The molecule has 2 rings (SSSR count). The van der Waals surface area contributed by atoms with Gasteiger partial charge in [0.15, 0.2) is 0 Å². The van der Waals surface area contributed by atoms with Crippen LogP contribution in [0.15, 0.2) is 24.4 Å². The molecule has 0 atom stereocenters. The molecular weight excluding hydrogens is 222 g/mol. The Morgan fingerprint density at radius 1 is 1.28 bits per heavy atom. The highest BCUT2D eigenvalue weighted by Crippen LogP contribution is 2.32. The van der Waals surface area contributed by atoms with Crippen molar-refractivity contribution in [3.05, 3.63) is 30.1 Å². The largest absolute Gasteiger partial charge is 0.315 e. The quantitative estimate of drug-likeness (QED) is 0.780. The summed E-state index contributed by atoms with van der Waals surface area (Å²) >= 11 is 0. The third-order valence-corrected chi connectivity index (χ3v) is 4.22. The lowest BCUT2D eigenvalue weighted by atomic mass is 9.96. The first-order chi connectivity index (χ1) is 8.73. The minimum atomic E-state index is 0.393. The molecule has 1 heterocycles. The van der Waals surface area contributed by atoms with Crippen molar-refractivity contribution in [1.29, 1.82) is 0 Å². The summed E-state index contributed by atoms with van der Waals surface area (Å²) in [6.07, 6.45) is 8.30. The zero-order valence-electron chi connectivity index (χ0n) is 11.7. The molecule has 1 saturated carbocycles. The number of hydrogen-bond donors (Lipinski definition) is 1. The van der Waals surface area contributed by atoms with Crippen molar-refractivity contribution in [2.24, 2.45) is 0 Å². The number of nitrogens with zero attached hydrogens (tertiary/aromatic N) is 2. The number of rotatable bonds is 6. The molecule has 0 saturated heterocycles. The maximum absolute atomic E-state index is 4.35. The minimum Gasteiger partial charge on any atom is -0.315 e. The zero-order valence-corrected chi connectivity index (χ0v) is 11.7. The molecule has 0 spiro atoms. The number of likely N-dealkylation sites (N-methyl/N-ethyl adjacent to an activating group) is 1. The van der Waals surface area contributed by atoms with Gasteiger partial charge in [-0.05, 0) is 39.1 Å². The summed E-state index contributed by atoms with van der Waals surface area (Å²) in [6, 6.07) is 6.12. The Morgan fingerprint density at radius 3 is 2.67 bits per heavy atom. The first-order valence-corrected chi connectivity index (χ1v) is 7.01. The van der Waals surface area contributed by atoms with E-state index in [0.29, 0.717) is 5.54 Å². The highest BCUT2D eigenvalue weighted by molar-refractivity contribution is 5.04. The number of aromatic nitrogens is 1. The predicted octanol–water partition coefficient (Wildman–Crippen LogP) is 2.09. The molecule has 0 unspecified atom stereocenters. The summed E-state index contributed by atoms with van der Waals surface area (Å²) in [7, 11) is 4.43. The van der Waals surface area contributed by atoms with Crippen molar-refractivity contribution in [2.45, 2.75) is 37.6 Å². The summed E-state index contributed by atoms with van der Waals surface area (Å²) in [5, 5.41) is 3.62. The van der Waals surface area contributed by atoms with Crippen LogP contribution in [0.25, 0.3) is 0 Å². The topological polar surface area (TPSA) is 28.2 Å². The van der Waals surface area contributed by atoms with E-state index >= 15 is 0 Å². The lowest BCUT2D eigenvalue weighted by Gasteiger charge is -2.36. The first kappa shape index (κ1) is 13.5. The molecule has 3 heteroatoms. The van der Waals surface area contributed by atoms with Gasteiger partial charge >= 0.3 is 0 Å². The number of hydrogen-bond acceptors (Lipinski definition) is 3. The molecule has 100 valence electrons. The van der Waals surface area contributed by atoms with Crippen LogP contribution in [0.1, 0.15) is 31.4 Å². The Hall–Kier alpha value is -0.930. The van der Waals surface area contributed by atoms with E-state index in [2.05, 4.69) is 41.4 Å². The van der Waals surface area contributed by atoms with Crippen molar-refractivity contribution in [1.82, 2.24) is 15.2 Å². The van der Waals surface area contributed by atoms with E-state index in [9.17, 15) is 0 Å². The van der Waals surface area contributed by atoms with Crippen molar-refractivity contribution in [3.8, 4) is 0 Å². The van der Waals surface area contributed by atoms with Crippen LogP contribution in [0.2, 0.25) is 0 Å². The van der Waals surface area contributed by atoms with Gasteiger partial charge in [-0.15, -0.1) is 0 Å². The second kappa shape index (κ2) is 6.30. The van der Waals surface area contributed by atoms with Crippen LogP contribution < -0.4 is 5.32 Å². The van der Waals surface area contributed by atoms with Crippen LogP contribution in [-0.2, 0) is 6.42 Å². The van der Waals surface area contributed by atoms with Gasteiger partial charge in [-0.25, -0.2) is 0 Å². The Kier molecular flexibility index (Phi) is 4.72. The Labute approximate surface area is 111 Å². The summed E-state index contributed by atoms with van der Waals surface area (Å²) < 4.78 is 0. The molecule has 0 bridgehead atoms. The highest BCUT2D eigenvalue weighted by atomic mass is 15.2. The summed E-state index contributed by atoms with van der Waals surface area (Å²) in [4.78, 5) is 6.76. The molecular formula is C15H25N3. The van der Waals surface area contributed by atoms with Crippen LogP contribution in [0, 0.1) is 0 Å². The lowest BCUT2D eigenvalue weighted by Crippen LogP contribution is -2.49. The van der Waals surface area contributed by atoms with E-state index in [1.807, 2.05) is 12.3 Å². The minimum absolute atomic E-state index is 0.393. The summed E-state index contributed by atoms with van der Waals surface area (Å²) in [5.41, 5.74) is 1.57. The second-order valence-corrected chi connectivity index (χ2v) is 5.57. The van der Waals surface area contributed by atoms with Gasteiger partial charge in [0.25, 0.3) is 0 Å². The molecule has 18 heavy (non-hydrogen) atoms. The maximum Gasteiger partial charge on any atom is 0.0416 e. The second-order valence-electron chi connectivity index (χ2n) is 5.57. The molecule has 1 aliphatic carbocycles. The van der Waals surface area contributed by atoms with Crippen LogP contribution in [0.3, 0.4) is 0 Å². The molecule has 3 nitrogen and oxygen atoms in total. The van der Waals surface area contributed by atoms with Crippen molar-refractivity contribution >= 4 is 0 Å². The Balaban J connectivity index is 1.74. The van der Waals surface area contributed by atoms with E-state index < -0.39 is 0 Å². The van der Waals surface area contributed by atoms with Gasteiger partial charge < -0.3 is 10.2 Å². The molecule has 0 aliphatic heterocycles. The number of pyridine rings is 1. The third kappa shape index (κ3) is 3.30. The van der Waals surface area contributed by atoms with E-state index in [1.165, 1.54) is 31.4 Å². The molecule has 1 aromatic heterocycles. The predicted molar refractivity (Wildman–Crippen MR) is 75.7 cm³/mol. The van der Waals surface area contributed by atoms with Crippen LogP contribution >= 0.6 is 0 Å². The van der Waals surface area contributed by atoms with Gasteiger partial charge in [-0.2, -0.15) is 0 Å². The van der Waals surface area contributed by atoms with Gasteiger partial charge in [-0.3, -0.25) is 4.98 Å². The average molecular weight is 247 g/mol. The molecule has 0 radical (unpaired) electrons.